The molecule has 0 N–H and O–H groups in total. The Morgan fingerprint density at radius 3 is 2.30 bits per heavy atom. The van der Waals surface area contributed by atoms with E-state index in [0.29, 0.717) is 22.8 Å². The summed E-state index contributed by atoms with van der Waals surface area (Å²) in [5.74, 6) is -0.646. The molecule has 1 saturated heterocycles. The zero-order valence-corrected chi connectivity index (χ0v) is 15.2. The highest BCUT2D eigenvalue weighted by Gasteiger charge is 2.42. The number of likely N-dealkylation sites (tertiary alicyclic amines) is 1. The molecule has 0 unspecified atom stereocenters. The number of nitrogens with zero attached hydrogens (tertiary/aromatic N) is 2. The number of anilines is 1. The van der Waals surface area contributed by atoms with Crippen molar-refractivity contribution in [2.45, 2.75) is 19.8 Å². The molecule has 0 bridgehead atoms. The molecule has 2 aromatic carbocycles. The van der Waals surface area contributed by atoms with Gasteiger partial charge in [-0.3, -0.25) is 9.59 Å². The van der Waals surface area contributed by atoms with E-state index in [1.807, 2.05) is 35.2 Å². The zero-order valence-electron chi connectivity index (χ0n) is 15.2. The van der Waals surface area contributed by atoms with E-state index in [1.54, 1.807) is 6.07 Å². The van der Waals surface area contributed by atoms with Gasteiger partial charge in [0.15, 0.2) is 0 Å². The molecule has 0 spiro atoms. The molecule has 4 rings (SSSR count). The van der Waals surface area contributed by atoms with Gasteiger partial charge in [0.05, 0.1) is 11.3 Å². The molecule has 27 heavy (non-hydrogen) atoms. The average molecular weight is 364 g/mol. The molecule has 2 heterocycles. The number of hydrogen-bond acceptors (Lipinski definition) is 3. The summed E-state index contributed by atoms with van der Waals surface area (Å²) in [7, 11) is 0. The second kappa shape index (κ2) is 6.99. The van der Waals surface area contributed by atoms with Crippen molar-refractivity contribution in [1.82, 2.24) is 4.90 Å². The largest absolute Gasteiger partial charge is 0.366 e. The van der Waals surface area contributed by atoms with Gasteiger partial charge >= 0.3 is 0 Å². The fraction of sp³-hybridized carbons (Fsp3) is 0.273. The van der Waals surface area contributed by atoms with Crippen LogP contribution >= 0.6 is 0 Å². The van der Waals surface area contributed by atoms with Gasteiger partial charge in [-0.15, -0.1) is 0 Å². The molecule has 5 heteroatoms. The highest BCUT2D eigenvalue weighted by atomic mass is 19.1. The summed E-state index contributed by atoms with van der Waals surface area (Å²) in [5.41, 5.74) is 1.81. The third-order valence-corrected chi connectivity index (χ3v) is 5.29. The molecule has 2 aromatic rings. The molecule has 0 atom stereocenters. The van der Waals surface area contributed by atoms with Gasteiger partial charge in [0, 0.05) is 13.1 Å². The van der Waals surface area contributed by atoms with Gasteiger partial charge < -0.3 is 4.90 Å². The Kier molecular flexibility index (Phi) is 4.52. The molecule has 0 saturated carbocycles. The molecular weight excluding hydrogens is 343 g/mol. The van der Waals surface area contributed by atoms with Crippen molar-refractivity contribution in [2.24, 2.45) is 5.92 Å². The van der Waals surface area contributed by atoms with Crippen molar-refractivity contribution in [3.8, 4) is 0 Å². The number of halogens is 1. The molecule has 2 amide bonds. The lowest BCUT2D eigenvalue weighted by molar-refractivity contribution is -0.120. The summed E-state index contributed by atoms with van der Waals surface area (Å²) in [6, 6.07) is 14.9. The number of benzene rings is 2. The van der Waals surface area contributed by atoms with Crippen LogP contribution in [0.25, 0.3) is 5.57 Å². The molecule has 1 fully saturated rings. The maximum atomic E-state index is 13.7. The number of rotatable bonds is 3. The van der Waals surface area contributed by atoms with E-state index in [1.165, 1.54) is 18.2 Å². The van der Waals surface area contributed by atoms with Gasteiger partial charge in [-0.25, -0.2) is 9.29 Å². The number of hydrogen-bond donors (Lipinski definition) is 0. The zero-order chi connectivity index (χ0) is 19.0. The lowest BCUT2D eigenvalue weighted by Crippen LogP contribution is -2.38. The van der Waals surface area contributed by atoms with Crippen LogP contribution in [0.5, 0.6) is 0 Å². The van der Waals surface area contributed by atoms with Crippen LogP contribution < -0.4 is 4.90 Å². The Balaban J connectivity index is 1.80. The Labute approximate surface area is 157 Å². The van der Waals surface area contributed by atoms with Gasteiger partial charge in [-0.05, 0) is 42.5 Å². The monoisotopic (exact) mass is 364 g/mol. The summed E-state index contributed by atoms with van der Waals surface area (Å²) < 4.78 is 13.7. The van der Waals surface area contributed by atoms with Crippen LogP contribution in [-0.4, -0.2) is 29.8 Å². The van der Waals surface area contributed by atoms with E-state index in [-0.39, 0.29) is 11.6 Å². The van der Waals surface area contributed by atoms with E-state index in [9.17, 15) is 14.0 Å². The minimum Gasteiger partial charge on any atom is -0.366 e. The molecule has 2 aliphatic heterocycles. The Bertz CT molecular complexity index is 915. The van der Waals surface area contributed by atoms with Gasteiger partial charge in [0.25, 0.3) is 11.8 Å². The van der Waals surface area contributed by atoms with Gasteiger partial charge in [-0.1, -0.05) is 43.3 Å². The van der Waals surface area contributed by atoms with Crippen LogP contribution in [0, 0.1) is 11.7 Å². The molecule has 0 aromatic heterocycles. The first-order valence-electron chi connectivity index (χ1n) is 9.25. The number of imide groups is 1. The third kappa shape index (κ3) is 3.14. The highest BCUT2D eigenvalue weighted by molar-refractivity contribution is 6.45. The van der Waals surface area contributed by atoms with Crippen molar-refractivity contribution in [3.63, 3.8) is 0 Å². The van der Waals surface area contributed by atoms with Crippen LogP contribution in [0.15, 0.2) is 60.3 Å². The van der Waals surface area contributed by atoms with E-state index in [2.05, 4.69) is 6.92 Å². The molecular formula is C22H21FN2O2. The van der Waals surface area contributed by atoms with Gasteiger partial charge in [0.2, 0.25) is 0 Å². The van der Waals surface area contributed by atoms with E-state index in [0.717, 1.165) is 30.8 Å². The summed E-state index contributed by atoms with van der Waals surface area (Å²) in [5, 5.41) is 0. The van der Waals surface area contributed by atoms with Gasteiger partial charge in [0.1, 0.15) is 11.5 Å². The number of piperidine rings is 1. The molecule has 0 aliphatic carbocycles. The van der Waals surface area contributed by atoms with Crippen LogP contribution in [0.4, 0.5) is 10.1 Å². The van der Waals surface area contributed by atoms with Crippen molar-refractivity contribution in [2.75, 3.05) is 18.0 Å². The first kappa shape index (κ1) is 17.5. The number of carbonyl (C=O) groups is 2. The topological polar surface area (TPSA) is 40.6 Å². The summed E-state index contributed by atoms with van der Waals surface area (Å²) >= 11 is 0. The molecule has 0 radical (unpaired) electrons. The first-order valence-corrected chi connectivity index (χ1v) is 9.25. The maximum absolute atomic E-state index is 13.7. The number of amides is 2. The van der Waals surface area contributed by atoms with E-state index >= 15 is 0 Å². The van der Waals surface area contributed by atoms with Crippen molar-refractivity contribution in [3.05, 3.63) is 71.7 Å². The SMILES string of the molecule is CC1CCN(C2=C(c3ccccc3)C(=O)N(c3cccc(F)c3)C2=O)CC1. The summed E-state index contributed by atoms with van der Waals surface area (Å²) in [6.45, 7) is 3.68. The van der Waals surface area contributed by atoms with Crippen molar-refractivity contribution >= 4 is 23.1 Å². The van der Waals surface area contributed by atoms with E-state index in [4.69, 9.17) is 0 Å². The first-order chi connectivity index (χ1) is 13.1. The van der Waals surface area contributed by atoms with E-state index < -0.39 is 11.7 Å². The Morgan fingerprint density at radius 2 is 1.63 bits per heavy atom. The Morgan fingerprint density at radius 1 is 0.926 bits per heavy atom. The summed E-state index contributed by atoms with van der Waals surface area (Å²) in [6.07, 6.45) is 1.96. The standard InChI is InChI=1S/C22H21FN2O2/c1-15-10-12-24(13-11-15)20-19(16-6-3-2-4-7-16)21(26)25(22(20)27)18-9-5-8-17(23)14-18/h2-9,14-15H,10-13H2,1H3. The highest BCUT2D eigenvalue weighted by Crippen LogP contribution is 2.36. The van der Waals surface area contributed by atoms with Crippen molar-refractivity contribution < 1.29 is 14.0 Å². The molecule has 2 aliphatic rings. The molecule has 138 valence electrons. The minimum absolute atomic E-state index is 0.263. The predicted octanol–water partition coefficient (Wildman–Crippen LogP) is 3.84. The lowest BCUT2D eigenvalue weighted by atomic mass is 9.97. The van der Waals surface area contributed by atoms with Gasteiger partial charge in [-0.2, -0.15) is 0 Å². The average Bonchev–Trinajstić information content (AvgIpc) is 2.93. The normalized spacial score (nSPS) is 18.6. The van der Waals surface area contributed by atoms with Crippen LogP contribution in [0.2, 0.25) is 0 Å². The van der Waals surface area contributed by atoms with Crippen LogP contribution in [0.1, 0.15) is 25.3 Å². The Hall–Kier alpha value is -2.95. The second-order valence-corrected chi connectivity index (χ2v) is 7.18. The second-order valence-electron chi connectivity index (χ2n) is 7.18. The minimum atomic E-state index is -0.477. The predicted molar refractivity (Wildman–Crippen MR) is 102 cm³/mol. The summed E-state index contributed by atoms with van der Waals surface area (Å²) in [4.78, 5) is 29.6. The quantitative estimate of drug-likeness (QED) is 0.777. The fourth-order valence-electron chi connectivity index (χ4n) is 3.76. The van der Waals surface area contributed by atoms with Crippen LogP contribution in [0.3, 0.4) is 0 Å². The number of carbonyl (C=O) groups excluding carboxylic acids is 2. The van der Waals surface area contributed by atoms with Crippen molar-refractivity contribution in [1.29, 1.82) is 0 Å². The smallest absolute Gasteiger partial charge is 0.282 e. The van der Waals surface area contributed by atoms with Crippen LogP contribution in [-0.2, 0) is 9.59 Å². The molecule has 4 nitrogen and oxygen atoms in total. The third-order valence-electron chi connectivity index (χ3n) is 5.29. The maximum Gasteiger partial charge on any atom is 0.282 e. The lowest BCUT2D eigenvalue weighted by Gasteiger charge is -2.32. The fourth-order valence-corrected chi connectivity index (χ4v) is 3.76.